The van der Waals surface area contributed by atoms with Gasteiger partial charge in [0, 0.05) is 18.3 Å². The Morgan fingerprint density at radius 1 is 1.59 bits per heavy atom. The minimum Gasteiger partial charge on any atom is -0.469 e. The number of methoxy groups -OCH3 is 1. The van der Waals surface area contributed by atoms with Gasteiger partial charge in [-0.3, -0.25) is 4.79 Å². The number of nitrogens with zero attached hydrogens (tertiary/aromatic N) is 1. The normalized spacial score (nSPS) is 9.82. The van der Waals surface area contributed by atoms with Gasteiger partial charge in [-0.2, -0.15) is 0 Å². The van der Waals surface area contributed by atoms with E-state index < -0.39 is 0 Å². The standard InChI is InChI=1S/C12H18N2O2S/c1-9(2)6-7-13-12-14-10(8-17-12)4-5-11(15)16-3/h6,8H,4-5,7H2,1-3H3,(H,13,14). The third-order valence-corrected chi connectivity index (χ3v) is 2.98. The van der Waals surface area contributed by atoms with E-state index in [2.05, 4.69) is 35.0 Å². The fourth-order valence-electron chi connectivity index (χ4n) is 1.18. The molecule has 1 heterocycles. The van der Waals surface area contributed by atoms with E-state index in [-0.39, 0.29) is 5.97 Å². The number of hydrogen-bond donors (Lipinski definition) is 1. The van der Waals surface area contributed by atoms with E-state index in [1.165, 1.54) is 12.7 Å². The lowest BCUT2D eigenvalue weighted by atomic mass is 10.2. The average Bonchev–Trinajstić information content (AvgIpc) is 2.73. The summed E-state index contributed by atoms with van der Waals surface area (Å²) in [5.41, 5.74) is 2.21. The monoisotopic (exact) mass is 254 g/mol. The zero-order valence-corrected chi connectivity index (χ0v) is 11.3. The van der Waals surface area contributed by atoms with Gasteiger partial charge in [0.25, 0.3) is 0 Å². The summed E-state index contributed by atoms with van der Waals surface area (Å²) in [5.74, 6) is -0.197. The first kappa shape index (κ1) is 13.7. The maximum atomic E-state index is 11.0. The Bertz CT molecular complexity index is 395. The van der Waals surface area contributed by atoms with Gasteiger partial charge in [0.15, 0.2) is 5.13 Å². The summed E-state index contributed by atoms with van der Waals surface area (Å²) in [6.07, 6.45) is 3.12. The molecule has 0 aliphatic rings. The van der Waals surface area contributed by atoms with Crippen LogP contribution in [-0.4, -0.2) is 24.6 Å². The molecule has 0 aliphatic heterocycles. The topological polar surface area (TPSA) is 51.2 Å². The van der Waals surface area contributed by atoms with Gasteiger partial charge in [0.1, 0.15) is 0 Å². The molecule has 94 valence electrons. The molecule has 17 heavy (non-hydrogen) atoms. The summed E-state index contributed by atoms with van der Waals surface area (Å²) in [5, 5.41) is 6.07. The number of aromatic nitrogens is 1. The first-order chi connectivity index (χ1) is 8.11. The van der Waals surface area contributed by atoms with E-state index in [0.29, 0.717) is 12.8 Å². The van der Waals surface area contributed by atoms with Crippen LogP contribution in [0.4, 0.5) is 5.13 Å². The third kappa shape index (κ3) is 5.49. The molecule has 0 bridgehead atoms. The molecule has 0 aliphatic carbocycles. The Balaban J connectivity index is 2.37. The van der Waals surface area contributed by atoms with E-state index in [0.717, 1.165) is 17.4 Å². The fourth-order valence-corrected chi connectivity index (χ4v) is 1.93. The van der Waals surface area contributed by atoms with Gasteiger partial charge in [-0.15, -0.1) is 11.3 Å². The quantitative estimate of drug-likeness (QED) is 0.626. The van der Waals surface area contributed by atoms with E-state index in [1.807, 2.05) is 5.38 Å². The second-order valence-corrected chi connectivity index (χ2v) is 4.74. The maximum absolute atomic E-state index is 11.0. The number of aryl methyl sites for hydroxylation is 1. The molecule has 0 aromatic carbocycles. The van der Waals surface area contributed by atoms with Crippen LogP contribution in [0.25, 0.3) is 0 Å². The van der Waals surface area contributed by atoms with Crippen molar-refractivity contribution >= 4 is 22.4 Å². The van der Waals surface area contributed by atoms with Crippen LogP contribution in [0.5, 0.6) is 0 Å². The minimum absolute atomic E-state index is 0.197. The van der Waals surface area contributed by atoms with Gasteiger partial charge in [-0.25, -0.2) is 4.98 Å². The number of thiazole rings is 1. The van der Waals surface area contributed by atoms with Crippen molar-refractivity contribution in [2.24, 2.45) is 0 Å². The summed E-state index contributed by atoms with van der Waals surface area (Å²) in [6.45, 7) is 4.91. The van der Waals surface area contributed by atoms with Crippen molar-refractivity contribution in [2.75, 3.05) is 19.0 Å². The summed E-state index contributed by atoms with van der Waals surface area (Å²) < 4.78 is 4.58. The molecule has 0 radical (unpaired) electrons. The molecule has 0 saturated carbocycles. The second kappa shape index (κ2) is 7.06. The Labute approximate surface area is 106 Å². The molecular weight excluding hydrogens is 236 g/mol. The molecule has 1 aromatic heterocycles. The molecule has 0 fully saturated rings. The molecule has 0 atom stereocenters. The van der Waals surface area contributed by atoms with Gasteiger partial charge < -0.3 is 10.1 Å². The lowest BCUT2D eigenvalue weighted by molar-refractivity contribution is -0.140. The second-order valence-electron chi connectivity index (χ2n) is 3.88. The highest BCUT2D eigenvalue weighted by atomic mass is 32.1. The lowest BCUT2D eigenvalue weighted by Gasteiger charge is -1.98. The maximum Gasteiger partial charge on any atom is 0.305 e. The van der Waals surface area contributed by atoms with Gasteiger partial charge in [0.2, 0.25) is 0 Å². The largest absolute Gasteiger partial charge is 0.469 e. The Morgan fingerprint density at radius 2 is 2.35 bits per heavy atom. The van der Waals surface area contributed by atoms with Crippen molar-refractivity contribution < 1.29 is 9.53 Å². The number of rotatable bonds is 6. The SMILES string of the molecule is COC(=O)CCc1csc(NCC=C(C)C)n1. The molecule has 0 spiro atoms. The average molecular weight is 254 g/mol. The highest BCUT2D eigenvalue weighted by molar-refractivity contribution is 7.13. The Morgan fingerprint density at radius 3 is 3.00 bits per heavy atom. The van der Waals surface area contributed by atoms with Crippen LogP contribution in [-0.2, 0) is 16.0 Å². The molecule has 1 aromatic rings. The molecule has 1 rings (SSSR count). The van der Waals surface area contributed by atoms with E-state index in [9.17, 15) is 4.79 Å². The van der Waals surface area contributed by atoms with Gasteiger partial charge in [0.05, 0.1) is 19.2 Å². The van der Waals surface area contributed by atoms with Crippen LogP contribution in [0, 0.1) is 0 Å². The number of carbonyl (C=O) groups excluding carboxylic acids is 1. The highest BCUT2D eigenvalue weighted by Gasteiger charge is 2.05. The summed E-state index contributed by atoms with van der Waals surface area (Å²) in [7, 11) is 1.40. The van der Waals surface area contributed by atoms with Gasteiger partial charge in [-0.05, 0) is 13.8 Å². The number of anilines is 1. The highest BCUT2D eigenvalue weighted by Crippen LogP contribution is 2.16. The molecule has 4 nitrogen and oxygen atoms in total. The first-order valence-electron chi connectivity index (χ1n) is 5.50. The van der Waals surface area contributed by atoms with Crippen molar-refractivity contribution in [3.63, 3.8) is 0 Å². The number of ether oxygens (including phenoxy) is 1. The molecule has 0 saturated heterocycles. The Hall–Kier alpha value is -1.36. The van der Waals surface area contributed by atoms with Crippen molar-refractivity contribution in [2.45, 2.75) is 26.7 Å². The molecule has 5 heteroatoms. The van der Waals surface area contributed by atoms with Crippen LogP contribution in [0.15, 0.2) is 17.0 Å². The molecule has 1 N–H and O–H groups in total. The molecule has 0 unspecified atom stereocenters. The lowest BCUT2D eigenvalue weighted by Crippen LogP contribution is -2.02. The van der Waals surface area contributed by atoms with Crippen molar-refractivity contribution in [3.8, 4) is 0 Å². The van der Waals surface area contributed by atoms with E-state index >= 15 is 0 Å². The predicted octanol–water partition coefficient (Wildman–Crippen LogP) is 2.63. The van der Waals surface area contributed by atoms with Crippen molar-refractivity contribution in [1.29, 1.82) is 0 Å². The van der Waals surface area contributed by atoms with Crippen molar-refractivity contribution in [3.05, 3.63) is 22.7 Å². The predicted molar refractivity (Wildman–Crippen MR) is 70.4 cm³/mol. The number of hydrogen-bond acceptors (Lipinski definition) is 5. The third-order valence-electron chi connectivity index (χ3n) is 2.13. The van der Waals surface area contributed by atoms with Crippen molar-refractivity contribution in [1.82, 2.24) is 4.98 Å². The van der Waals surface area contributed by atoms with E-state index in [1.54, 1.807) is 11.3 Å². The fraction of sp³-hybridized carbons (Fsp3) is 0.500. The molecular formula is C12H18N2O2S. The summed E-state index contributed by atoms with van der Waals surface area (Å²) >= 11 is 1.56. The van der Waals surface area contributed by atoms with Crippen LogP contribution < -0.4 is 5.32 Å². The van der Waals surface area contributed by atoms with Crippen LogP contribution >= 0.6 is 11.3 Å². The zero-order chi connectivity index (χ0) is 12.7. The van der Waals surface area contributed by atoms with Crippen LogP contribution in [0.3, 0.4) is 0 Å². The minimum atomic E-state index is -0.197. The van der Waals surface area contributed by atoms with Gasteiger partial charge in [-0.1, -0.05) is 11.6 Å². The van der Waals surface area contributed by atoms with Crippen LogP contribution in [0.1, 0.15) is 26.0 Å². The number of carbonyl (C=O) groups is 1. The smallest absolute Gasteiger partial charge is 0.305 e. The first-order valence-corrected chi connectivity index (χ1v) is 6.38. The summed E-state index contributed by atoms with van der Waals surface area (Å²) in [6, 6.07) is 0. The van der Waals surface area contributed by atoms with E-state index in [4.69, 9.17) is 0 Å². The number of esters is 1. The van der Waals surface area contributed by atoms with Gasteiger partial charge >= 0.3 is 5.97 Å². The Kier molecular flexibility index (Phi) is 5.69. The number of allylic oxidation sites excluding steroid dienone is 1. The number of nitrogens with one attached hydrogen (secondary N) is 1. The zero-order valence-electron chi connectivity index (χ0n) is 10.4. The summed E-state index contributed by atoms with van der Waals surface area (Å²) in [4.78, 5) is 15.4. The molecule has 0 amide bonds. The van der Waals surface area contributed by atoms with Crippen LogP contribution in [0.2, 0.25) is 0 Å².